The van der Waals surface area contributed by atoms with Crippen molar-refractivity contribution >= 4 is 99.1 Å². The van der Waals surface area contributed by atoms with Crippen LogP contribution in [0, 0.1) is 13.8 Å². The number of azo groups is 2. The van der Waals surface area contributed by atoms with Gasteiger partial charge in [0.15, 0.2) is 6.79 Å². The number of aliphatic hydroxyl groups is 3. The highest BCUT2D eigenvalue weighted by Crippen LogP contribution is 2.31. The van der Waals surface area contributed by atoms with Crippen LogP contribution in [-0.2, 0) is 0 Å². The number of rotatable bonds is 23. The Morgan fingerprint density at radius 1 is 0.458 bits per heavy atom. The number of hydrogen-bond donors (Lipinski definition) is 12. The minimum Gasteiger partial charge on any atom is -0.478 e. The van der Waals surface area contributed by atoms with Crippen molar-refractivity contribution in [3.05, 3.63) is 125 Å². The van der Waals surface area contributed by atoms with Crippen LogP contribution in [0.25, 0.3) is 0 Å². The second kappa shape index (κ2) is 23.5. The third kappa shape index (κ3) is 13.9. The summed E-state index contributed by atoms with van der Waals surface area (Å²) >= 11 is 0. The van der Waals surface area contributed by atoms with Crippen molar-refractivity contribution in [3.8, 4) is 5.75 Å². The quantitative estimate of drug-likeness (QED) is 0.0215. The SMILES string of the molecule is Cc1cc(Nc2nc(NCCO)nc(Nc3ccc(Nc4nc(NCCO)nc(Nc5ccc(N=Nc6cc(C(=O)O)cc(C(=O)O)c6)c(C)c5)n4)cc3)n2)ccc1N=Nc1cc(OCO)cc(C(=O)O)c1. The van der Waals surface area contributed by atoms with E-state index < -0.39 is 24.7 Å². The zero-order valence-corrected chi connectivity index (χ0v) is 38.1. The average molecular weight is 981 g/mol. The predicted octanol–water partition coefficient (Wildman–Crippen LogP) is 7.71. The minimum absolute atomic E-state index is 0.0525. The molecule has 7 rings (SSSR count). The van der Waals surface area contributed by atoms with Gasteiger partial charge in [0, 0.05) is 41.9 Å². The molecule has 0 amide bonds. The maximum atomic E-state index is 11.6. The molecule has 2 heterocycles. The van der Waals surface area contributed by atoms with Crippen LogP contribution in [-0.4, -0.2) is 112 Å². The van der Waals surface area contributed by atoms with Gasteiger partial charge in [-0.05, 0) is 116 Å². The molecule has 12 N–H and O–H groups in total. The molecule has 2 aromatic heterocycles. The standard InChI is InChI=1S/C46H44N16O10/c1-24-15-31(7-9-36(24)61-59-33-18-26(38(66)67)17-27(19-33)39(68)69)51-45-55-41(47-11-13-63)53-43(57-45)49-29-3-5-30(6-4-29)50-44-54-42(48-12-14-64)56-46(58-44)52-32-8-10-37(25(2)16-32)62-60-34-20-28(40(70)71)21-35(22-34)72-23-65/h3-10,15-22,63-65H,11-14,23H2,1-2H3,(H,66,67)(H,68,69)(H,70,71)(H3,47,49,51,53,55,57)(H3,48,50,52,54,56,58). The van der Waals surface area contributed by atoms with Crippen molar-refractivity contribution in [3.63, 3.8) is 0 Å². The highest BCUT2D eigenvalue weighted by atomic mass is 16.6. The number of hydrogen-bond acceptors (Lipinski definition) is 23. The highest BCUT2D eigenvalue weighted by molar-refractivity contribution is 5.95. The van der Waals surface area contributed by atoms with E-state index in [4.69, 9.17) is 9.84 Å². The number of carboxylic acid groups (broad SMARTS) is 3. The van der Waals surface area contributed by atoms with Gasteiger partial charge in [0.05, 0.1) is 52.7 Å². The molecule has 0 aliphatic carbocycles. The molecule has 368 valence electrons. The zero-order chi connectivity index (χ0) is 51.1. The average Bonchev–Trinajstić information content (AvgIpc) is 3.35. The molecular formula is C46H44N16O10. The fraction of sp³-hybridized carbons (Fsp3) is 0.152. The number of ether oxygens (including phenoxy) is 1. The van der Waals surface area contributed by atoms with E-state index in [2.05, 4.69) is 82.3 Å². The maximum absolute atomic E-state index is 11.6. The van der Waals surface area contributed by atoms with Crippen molar-refractivity contribution in [1.82, 2.24) is 29.9 Å². The number of carbonyl (C=O) groups is 3. The van der Waals surface area contributed by atoms with E-state index in [0.29, 0.717) is 45.3 Å². The number of nitrogens with zero attached hydrogens (tertiary/aromatic N) is 10. The second-order valence-electron chi connectivity index (χ2n) is 15.1. The number of benzene rings is 5. The number of carboxylic acids is 3. The van der Waals surface area contributed by atoms with Crippen LogP contribution in [0.3, 0.4) is 0 Å². The van der Waals surface area contributed by atoms with Crippen LogP contribution < -0.4 is 36.6 Å². The molecule has 0 fully saturated rings. The number of aliphatic hydroxyl groups excluding tert-OH is 3. The van der Waals surface area contributed by atoms with Gasteiger partial charge in [0.25, 0.3) is 0 Å². The fourth-order valence-electron chi connectivity index (χ4n) is 6.37. The maximum Gasteiger partial charge on any atom is 0.335 e. The first-order valence-electron chi connectivity index (χ1n) is 21.4. The third-order valence-corrected chi connectivity index (χ3v) is 9.69. The summed E-state index contributed by atoms with van der Waals surface area (Å²) in [4.78, 5) is 61.4. The Morgan fingerprint density at radius 2 is 0.819 bits per heavy atom. The second-order valence-corrected chi connectivity index (χ2v) is 15.1. The molecule has 0 atom stereocenters. The summed E-state index contributed by atoms with van der Waals surface area (Å²) in [6.45, 7) is 2.91. The van der Waals surface area contributed by atoms with Gasteiger partial charge in [-0.1, -0.05) is 0 Å². The smallest absolute Gasteiger partial charge is 0.335 e. The fourth-order valence-corrected chi connectivity index (χ4v) is 6.37. The van der Waals surface area contributed by atoms with E-state index in [1.165, 1.54) is 30.3 Å². The molecule has 0 aliphatic rings. The summed E-state index contributed by atoms with van der Waals surface area (Å²) in [5.41, 5.74) is 4.35. The van der Waals surface area contributed by atoms with Crippen molar-refractivity contribution < 1.29 is 49.8 Å². The number of aromatic carboxylic acids is 3. The number of aromatic nitrogens is 6. The molecule has 26 heteroatoms. The molecule has 0 saturated carbocycles. The zero-order valence-electron chi connectivity index (χ0n) is 38.1. The van der Waals surface area contributed by atoms with E-state index in [1.54, 1.807) is 67.6 Å². The lowest BCUT2D eigenvalue weighted by molar-refractivity contribution is 0.0681. The van der Waals surface area contributed by atoms with Crippen molar-refractivity contribution in [2.75, 3.05) is 65.0 Å². The lowest BCUT2D eigenvalue weighted by Gasteiger charge is -2.13. The van der Waals surface area contributed by atoms with Gasteiger partial charge < -0.3 is 67.3 Å². The van der Waals surface area contributed by atoms with Crippen molar-refractivity contribution in [2.24, 2.45) is 20.5 Å². The van der Waals surface area contributed by atoms with Crippen LogP contribution in [0.2, 0.25) is 0 Å². The van der Waals surface area contributed by atoms with Crippen molar-refractivity contribution in [2.45, 2.75) is 13.8 Å². The first-order valence-corrected chi connectivity index (χ1v) is 21.4. The first kappa shape index (κ1) is 50.1. The molecule has 0 unspecified atom stereocenters. The normalized spacial score (nSPS) is 11.1. The Bertz CT molecular complexity index is 3140. The van der Waals surface area contributed by atoms with E-state index >= 15 is 0 Å². The van der Waals surface area contributed by atoms with E-state index in [0.717, 1.165) is 6.07 Å². The topological polar surface area (TPSA) is 381 Å². The summed E-state index contributed by atoms with van der Waals surface area (Å²) in [5, 5.41) is 91.5. The monoisotopic (exact) mass is 980 g/mol. The summed E-state index contributed by atoms with van der Waals surface area (Å²) in [5.74, 6) is -2.69. The highest BCUT2D eigenvalue weighted by Gasteiger charge is 2.15. The molecule has 5 aromatic carbocycles. The van der Waals surface area contributed by atoms with Gasteiger partial charge in [0.1, 0.15) is 5.75 Å². The molecule has 0 bridgehead atoms. The van der Waals surface area contributed by atoms with E-state index in [-0.39, 0.29) is 95.8 Å². The Labute approximate surface area is 407 Å². The van der Waals surface area contributed by atoms with Crippen LogP contribution in [0.5, 0.6) is 5.75 Å². The Kier molecular flexibility index (Phi) is 16.3. The van der Waals surface area contributed by atoms with Gasteiger partial charge >= 0.3 is 17.9 Å². The van der Waals surface area contributed by atoms with Crippen LogP contribution in [0.15, 0.2) is 118 Å². The number of anilines is 10. The third-order valence-electron chi connectivity index (χ3n) is 9.69. The van der Waals surface area contributed by atoms with Gasteiger partial charge in [-0.2, -0.15) is 50.4 Å². The Hall–Kier alpha value is -9.79. The Balaban J connectivity index is 1.03. The van der Waals surface area contributed by atoms with Gasteiger partial charge in [-0.15, -0.1) is 0 Å². The molecule has 26 nitrogen and oxygen atoms in total. The molecule has 0 radical (unpaired) electrons. The molecule has 72 heavy (non-hydrogen) atoms. The summed E-state index contributed by atoms with van der Waals surface area (Å²) < 4.78 is 5.05. The summed E-state index contributed by atoms with van der Waals surface area (Å²) in [6, 6.07) is 24.8. The summed E-state index contributed by atoms with van der Waals surface area (Å²) in [7, 11) is 0. The van der Waals surface area contributed by atoms with E-state index in [9.17, 15) is 39.9 Å². The predicted molar refractivity (Wildman–Crippen MR) is 263 cm³/mol. The number of aryl methyl sites for hydroxylation is 2. The van der Waals surface area contributed by atoms with Gasteiger partial charge in [0.2, 0.25) is 35.7 Å². The van der Waals surface area contributed by atoms with Gasteiger partial charge in [-0.25, -0.2) is 14.4 Å². The van der Waals surface area contributed by atoms with Gasteiger partial charge in [-0.3, -0.25) is 0 Å². The van der Waals surface area contributed by atoms with E-state index in [1.807, 2.05) is 6.92 Å². The molecule has 0 aliphatic heterocycles. The lowest BCUT2D eigenvalue weighted by atomic mass is 10.1. The lowest BCUT2D eigenvalue weighted by Crippen LogP contribution is -2.12. The molecular weight excluding hydrogens is 937 g/mol. The minimum atomic E-state index is -1.30. The first-order chi connectivity index (χ1) is 34.7. The van der Waals surface area contributed by atoms with Crippen molar-refractivity contribution in [1.29, 1.82) is 0 Å². The Morgan fingerprint density at radius 3 is 1.19 bits per heavy atom. The molecule has 0 spiro atoms. The van der Waals surface area contributed by atoms with Crippen LogP contribution >= 0.6 is 0 Å². The molecule has 7 aromatic rings. The molecule has 0 saturated heterocycles. The number of nitrogens with one attached hydrogen (secondary N) is 6. The summed E-state index contributed by atoms with van der Waals surface area (Å²) in [6.07, 6.45) is 0. The largest absolute Gasteiger partial charge is 0.478 e. The van der Waals surface area contributed by atoms with Crippen LogP contribution in [0.1, 0.15) is 42.2 Å². The van der Waals surface area contributed by atoms with Crippen LogP contribution in [0.4, 0.5) is 81.2 Å².